The van der Waals surface area contributed by atoms with E-state index in [0.29, 0.717) is 39.3 Å². The number of aliphatic imine (C=N–C) groups is 1. The molecule has 1 aromatic heterocycles. The normalized spacial score (nSPS) is 14.7. The highest BCUT2D eigenvalue weighted by Gasteiger charge is 2.55. The number of benzene rings is 2. The summed E-state index contributed by atoms with van der Waals surface area (Å²) < 4.78 is 47.4. The summed E-state index contributed by atoms with van der Waals surface area (Å²) in [5.74, 6) is 0.870. The maximum absolute atomic E-state index is 14.0. The third-order valence-corrected chi connectivity index (χ3v) is 5.47. The Morgan fingerprint density at radius 2 is 1.91 bits per heavy atom. The number of aryl methyl sites for hydroxylation is 1. The van der Waals surface area contributed by atoms with Crippen LogP contribution in [0, 0.1) is 6.92 Å². The van der Waals surface area contributed by atoms with Crippen molar-refractivity contribution in [3.63, 3.8) is 0 Å². The molecular weight excluding hydrogens is 443 g/mol. The van der Waals surface area contributed by atoms with Gasteiger partial charge in [0.2, 0.25) is 0 Å². The van der Waals surface area contributed by atoms with Crippen LogP contribution < -0.4 is 4.74 Å². The zero-order chi connectivity index (χ0) is 23.7. The number of ether oxygens (including phenoxy) is 1. The maximum Gasteiger partial charge on any atom is 0.422 e. The highest BCUT2D eigenvalue weighted by Crippen LogP contribution is 2.43. The van der Waals surface area contributed by atoms with Crippen molar-refractivity contribution in [1.29, 1.82) is 0 Å². The Hall–Kier alpha value is -2.71. The average Bonchev–Trinajstić information content (AvgIpc) is 2.70. The van der Waals surface area contributed by atoms with Gasteiger partial charge in [0, 0.05) is 22.8 Å². The Kier molecular flexibility index (Phi) is 6.49. The first kappa shape index (κ1) is 23.9. The number of alkyl halides is 3. The molecular formula is C23H23ClF3N3O2. The van der Waals surface area contributed by atoms with Crippen LogP contribution >= 0.6 is 11.6 Å². The third-order valence-electron chi connectivity index (χ3n) is 5.24. The van der Waals surface area contributed by atoms with Gasteiger partial charge in [-0.2, -0.15) is 13.2 Å². The quantitative estimate of drug-likeness (QED) is 0.456. The first-order chi connectivity index (χ1) is 14.9. The van der Waals surface area contributed by atoms with E-state index in [0.717, 1.165) is 0 Å². The molecule has 0 aliphatic carbocycles. The van der Waals surface area contributed by atoms with Crippen molar-refractivity contribution in [1.82, 2.24) is 9.97 Å². The first-order valence-corrected chi connectivity index (χ1v) is 10.1. The van der Waals surface area contributed by atoms with Crippen molar-refractivity contribution < 1.29 is 23.0 Å². The lowest BCUT2D eigenvalue weighted by molar-refractivity contribution is -0.234. The number of nitrogens with zero attached hydrogens (tertiary/aromatic N) is 3. The summed E-state index contributed by atoms with van der Waals surface area (Å²) >= 11 is 5.99. The number of hydrogen-bond donors (Lipinski definition) is 1. The van der Waals surface area contributed by atoms with Crippen molar-refractivity contribution in [3.8, 4) is 5.75 Å². The lowest BCUT2D eigenvalue weighted by atomic mass is 9.75. The molecule has 3 rings (SSSR count). The molecule has 32 heavy (non-hydrogen) atoms. The monoisotopic (exact) mass is 465 g/mol. The zero-order valence-corrected chi connectivity index (χ0v) is 18.8. The van der Waals surface area contributed by atoms with E-state index in [2.05, 4.69) is 15.0 Å². The second-order valence-corrected chi connectivity index (χ2v) is 8.65. The van der Waals surface area contributed by atoms with Crippen LogP contribution in [0.1, 0.15) is 31.7 Å². The number of aromatic nitrogens is 2. The van der Waals surface area contributed by atoms with E-state index < -0.39 is 23.6 Å². The van der Waals surface area contributed by atoms with Crippen LogP contribution in [0.5, 0.6) is 5.75 Å². The standard InChI is InChI=1S/C23H23ClF3N3O2/c1-14-28-11-16-18(6-5-7-19(16)30-14)29-13-22(31,23(25,26)27)12-21(2,3)17-9-8-15(24)10-20(17)32-4/h5-11,13,31H,12H2,1-4H3. The number of hydrogen-bond acceptors (Lipinski definition) is 5. The SMILES string of the molecule is COc1cc(Cl)ccc1C(C)(C)CC(O)(C=Nc1cccc2nc(C)ncc12)C(F)(F)F. The molecule has 0 aliphatic rings. The molecule has 0 amide bonds. The van der Waals surface area contributed by atoms with Crippen LogP contribution in [0.4, 0.5) is 18.9 Å². The Bertz CT molecular complexity index is 1160. The van der Waals surface area contributed by atoms with Crippen molar-refractivity contribution in [2.24, 2.45) is 4.99 Å². The molecule has 0 fully saturated rings. The molecule has 0 aliphatic heterocycles. The highest BCUT2D eigenvalue weighted by atomic mass is 35.5. The molecule has 1 unspecified atom stereocenters. The van der Waals surface area contributed by atoms with E-state index in [-0.39, 0.29) is 5.69 Å². The number of halogens is 4. The number of fused-ring (bicyclic) bond motifs is 1. The summed E-state index contributed by atoms with van der Waals surface area (Å²) in [6.07, 6.45) is -3.61. The van der Waals surface area contributed by atoms with Crippen molar-refractivity contribution in [3.05, 3.63) is 59.0 Å². The summed E-state index contributed by atoms with van der Waals surface area (Å²) in [6, 6.07) is 9.59. The summed E-state index contributed by atoms with van der Waals surface area (Å²) in [7, 11) is 1.41. The predicted molar refractivity (Wildman–Crippen MR) is 119 cm³/mol. The molecule has 0 saturated carbocycles. The Labute approximate surface area is 188 Å². The lowest BCUT2D eigenvalue weighted by Crippen LogP contribution is -2.50. The van der Waals surface area contributed by atoms with Gasteiger partial charge in [0.15, 0.2) is 5.60 Å². The summed E-state index contributed by atoms with van der Waals surface area (Å²) in [6.45, 7) is 4.90. The predicted octanol–water partition coefficient (Wildman–Crippen LogP) is 5.96. The van der Waals surface area contributed by atoms with E-state index >= 15 is 0 Å². The van der Waals surface area contributed by atoms with Gasteiger partial charge in [-0.25, -0.2) is 9.97 Å². The van der Waals surface area contributed by atoms with Crippen LogP contribution in [-0.2, 0) is 5.41 Å². The number of aliphatic hydroxyl groups is 1. The molecule has 5 nitrogen and oxygen atoms in total. The van der Waals surface area contributed by atoms with Gasteiger partial charge in [-0.15, -0.1) is 0 Å². The topological polar surface area (TPSA) is 67.6 Å². The fraction of sp³-hybridized carbons (Fsp3) is 0.348. The van der Waals surface area contributed by atoms with Crippen LogP contribution in [0.3, 0.4) is 0 Å². The van der Waals surface area contributed by atoms with E-state index in [9.17, 15) is 18.3 Å². The molecule has 1 atom stereocenters. The van der Waals surface area contributed by atoms with Crippen molar-refractivity contribution >= 4 is 34.4 Å². The second-order valence-electron chi connectivity index (χ2n) is 8.21. The molecule has 0 radical (unpaired) electrons. The van der Waals surface area contributed by atoms with Gasteiger partial charge in [0.1, 0.15) is 11.6 Å². The molecule has 1 N–H and O–H groups in total. The smallest absolute Gasteiger partial charge is 0.422 e. The number of methoxy groups -OCH3 is 1. The van der Waals surface area contributed by atoms with E-state index in [1.54, 1.807) is 51.1 Å². The summed E-state index contributed by atoms with van der Waals surface area (Å²) in [5.41, 5.74) is -3.07. The molecule has 1 heterocycles. The molecule has 3 aromatic rings. The molecule has 9 heteroatoms. The largest absolute Gasteiger partial charge is 0.496 e. The minimum atomic E-state index is -4.97. The van der Waals surface area contributed by atoms with Crippen LogP contribution in [0.25, 0.3) is 10.9 Å². The minimum absolute atomic E-state index is 0.229. The van der Waals surface area contributed by atoms with Gasteiger partial charge in [0.25, 0.3) is 0 Å². The highest BCUT2D eigenvalue weighted by molar-refractivity contribution is 6.30. The zero-order valence-electron chi connectivity index (χ0n) is 18.0. The third kappa shape index (κ3) is 4.86. The minimum Gasteiger partial charge on any atom is -0.496 e. The summed E-state index contributed by atoms with van der Waals surface area (Å²) in [4.78, 5) is 12.4. The lowest BCUT2D eigenvalue weighted by Gasteiger charge is -2.36. The molecule has 2 aromatic carbocycles. The molecule has 0 bridgehead atoms. The second kappa shape index (κ2) is 8.67. The van der Waals surface area contributed by atoms with E-state index in [4.69, 9.17) is 16.3 Å². The van der Waals surface area contributed by atoms with Crippen LogP contribution in [0.15, 0.2) is 47.6 Å². The van der Waals surface area contributed by atoms with Gasteiger partial charge in [-0.05, 0) is 48.6 Å². The van der Waals surface area contributed by atoms with Gasteiger partial charge in [-0.3, -0.25) is 4.99 Å². The van der Waals surface area contributed by atoms with Crippen LogP contribution in [0.2, 0.25) is 5.02 Å². The molecule has 170 valence electrons. The fourth-order valence-corrected chi connectivity index (χ4v) is 3.80. The first-order valence-electron chi connectivity index (χ1n) is 9.77. The van der Waals surface area contributed by atoms with E-state index in [1.807, 2.05) is 0 Å². The van der Waals surface area contributed by atoms with Crippen molar-refractivity contribution in [2.45, 2.75) is 44.4 Å². The van der Waals surface area contributed by atoms with Gasteiger partial charge < -0.3 is 9.84 Å². The van der Waals surface area contributed by atoms with Crippen LogP contribution in [-0.4, -0.2) is 40.2 Å². The fourth-order valence-electron chi connectivity index (χ4n) is 3.63. The summed E-state index contributed by atoms with van der Waals surface area (Å²) in [5, 5.41) is 11.6. The number of rotatable bonds is 6. The maximum atomic E-state index is 14.0. The van der Waals surface area contributed by atoms with Crippen molar-refractivity contribution in [2.75, 3.05) is 7.11 Å². The van der Waals surface area contributed by atoms with Gasteiger partial charge in [0.05, 0.1) is 18.3 Å². The van der Waals surface area contributed by atoms with Gasteiger partial charge >= 0.3 is 6.18 Å². The molecule has 0 spiro atoms. The van der Waals surface area contributed by atoms with Gasteiger partial charge in [-0.1, -0.05) is 37.6 Å². The Morgan fingerprint density at radius 1 is 1.19 bits per heavy atom. The van der Waals surface area contributed by atoms with E-state index in [1.165, 1.54) is 19.4 Å². The Morgan fingerprint density at radius 3 is 2.56 bits per heavy atom. The Balaban J connectivity index is 2.03. The molecule has 0 saturated heterocycles. The average molecular weight is 466 g/mol.